The maximum absolute atomic E-state index is 4.23. The fourth-order valence-corrected chi connectivity index (χ4v) is 0.883. The van der Waals surface area contributed by atoms with E-state index in [2.05, 4.69) is 57.8 Å². The zero-order chi connectivity index (χ0) is 13.7. The topological polar surface area (TPSA) is 31.2 Å². The highest BCUT2D eigenvalue weighted by molar-refractivity contribution is 5.40. The Hall–Kier alpha value is -1.02. The van der Waals surface area contributed by atoms with E-state index in [1.807, 2.05) is 24.1 Å². The van der Waals surface area contributed by atoms with Crippen molar-refractivity contribution in [2.45, 2.75) is 65.5 Å². The van der Waals surface area contributed by atoms with Crippen LogP contribution in [0.3, 0.4) is 0 Å². The highest BCUT2D eigenvalue weighted by Crippen LogP contribution is 2.17. The second-order valence-corrected chi connectivity index (χ2v) is 5.68. The molecule has 4 heteroatoms. The summed E-state index contributed by atoms with van der Waals surface area (Å²) in [5.74, 6) is 0. The number of hydrazone groups is 2. The molecule has 0 aliphatic rings. The van der Waals surface area contributed by atoms with E-state index in [0.717, 1.165) is 12.8 Å². The maximum atomic E-state index is 4.23. The van der Waals surface area contributed by atoms with Gasteiger partial charge in [-0.2, -0.15) is 0 Å². The number of rotatable bonds is 6. The lowest BCUT2D eigenvalue weighted by atomic mass is 10.0. The van der Waals surface area contributed by atoms with Crippen LogP contribution in [0, 0.1) is 0 Å². The van der Waals surface area contributed by atoms with Gasteiger partial charge in [-0.3, -0.25) is 10.0 Å². The van der Waals surface area contributed by atoms with Gasteiger partial charge in [-0.1, -0.05) is 13.8 Å². The molecule has 4 nitrogen and oxygen atoms in total. The second kappa shape index (κ2) is 6.06. The Morgan fingerprint density at radius 3 is 1.35 bits per heavy atom. The smallest absolute Gasteiger partial charge is 0.139 e. The van der Waals surface area contributed by atoms with Crippen LogP contribution in [0.1, 0.15) is 54.4 Å². The second-order valence-electron chi connectivity index (χ2n) is 5.68. The lowest BCUT2D eigenvalue weighted by Crippen LogP contribution is -2.37. The first-order chi connectivity index (χ1) is 7.67. The SMILES string of the molecule is CCC(C)(C)N(C)N=C=NN(C)C(C)(C)CC. The molecule has 0 unspecified atom stereocenters. The summed E-state index contributed by atoms with van der Waals surface area (Å²) in [5.41, 5.74) is 0.0860. The zero-order valence-corrected chi connectivity index (χ0v) is 12.7. The van der Waals surface area contributed by atoms with Gasteiger partial charge in [-0.15, -0.1) is 10.2 Å². The molecule has 17 heavy (non-hydrogen) atoms. The first-order valence-electron chi connectivity index (χ1n) is 6.31. The van der Waals surface area contributed by atoms with E-state index in [1.54, 1.807) is 0 Å². The van der Waals surface area contributed by atoms with E-state index in [0.29, 0.717) is 0 Å². The Morgan fingerprint density at radius 2 is 1.12 bits per heavy atom. The van der Waals surface area contributed by atoms with Crippen molar-refractivity contribution in [3.8, 4) is 0 Å². The molecule has 0 aromatic carbocycles. The minimum Gasteiger partial charge on any atom is -0.285 e. The van der Waals surface area contributed by atoms with Crippen molar-refractivity contribution in [3.63, 3.8) is 0 Å². The third-order valence-electron chi connectivity index (χ3n) is 3.87. The predicted octanol–water partition coefficient (Wildman–Crippen LogP) is 3.23. The van der Waals surface area contributed by atoms with Crippen LogP contribution in [0.15, 0.2) is 10.2 Å². The largest absolute Gasteiger partial charge is 0.285 e. The third-order valence-corrected chi connectivity index (χ3v) is 3.87. The monoisotopic (exact) mass is 240 g/mol. The van der Waals surface area contributed by atoms with Crippen LogP contribution >= 0.6 is 0 Å². The van der Waals surface area contributed by atoms with Crippen molar-refractivity contribution in [2.75, 3.05) is 14.1 Å². The molecule has 0 radical (unpaired) electrons. The van der Waals surface area contributed by atoms with Gasteiger partial charge >= 0.3 is 0 Å². The van der Waals surface area contributed by atoms with Gasteiger partial charge in [0.25, 0.3) is 0 Å². The van der Waals surface area contributed by atoms with Crippen LogP contribution in [0.4, 0.5) is 0 Å². The molecule has 0 atom stereocenters. The minimum absolute atomic E-state index is 0.0430. The lowest BCUT2D eigenvalue weighted by molar-refractivity contribution is 0.150. The highest BCUT2D eigenvalue weighted by atomic mass is 15.5. The van der Waals surface area contributed by atoms with E-state index < -0.39 is 0 Å². The molecule has 0 rings (SSSR count). The molecule has 0 aliphatic carbocycles. The minimum atomic E-state index is 0.0430. The number of hydrogen-bond donors (Lipinski definition) is 0. The fourth-order valence-electron chi connectivity index (χ4n) is 0.883. The molecule has 0 bridgehead atoms. The summed E-state index contributed by atoms with van der Waals surface area (Å²) in [6.07, 6.45) is 2.07. The number of nitrogens with zero attached hydrogens (tertiary/aromatic N) is 4. The van der Waals surface area contributed by atoms with Gasteiger partial charge in [-0.25, -0.2) is 0 Å². The Balaban J connectivity index is 4.63. The molecule has 0 saturated carbocycles. The Morgan fingerprint density at radius 1 is 0.824 bits per heavy atom. The molecule has 100 valence electrons. The van der Waals surface area contributed by atoms with Crippen LogP contribution in [0.5, 0.6) is 0 Å². The standard InChI is InChI=1S/C13H28N4/c1-9-12(3,4)16(7)14-11-15-17(8)13(5,6)10-2/h9-10H2,1-8H3. The Kier molecular flexibility index (Phi) is 5.70. The van der Waals surface area contributed by atoms with E-state index in [4.69, 9.17) is 0 Å². The van der Waals surface area contributed by atoms with Crippen LogP contribution < -0.4 is 0 Å². The first kappa shape index (κ1) is 16.0. The Bertz CT molecular complexity index is 262. The molecule has 0 aliphatic heterocycles. The lowest BCUT2D eigenvalue weighted by Gasteiger charge is -2.32. The van der Waals surface area contributed by atoms with Gasteiger partial charge in [0.1, 0.15) is 6.01 Å². The van der Waals surface area contributed by atoms with Gasteiger partial charge in [-0.05, 0) is 40.5 Å². The predicted molar refractivity (Wildman–Crippen MR) is 74.1 cm³/mol. The normalized spacial score (nSPS) is 11.8. The summed E-state index contributed by atoms with van der Waals surface area (Å²) in [5, 5.41) is 12.3. The maximum Gasteiger partial charge on any atom is 0.139 e. The summed E-state index contributed by atoms with van der Waals surface area (Å²) in [4.78, 5) is 0. The van der Waals surface area contributed by atoms with Crippen LogP contribution in [-0.4, -0.2) is 41.2 Å². The molecule has 0 heterocycles. The van der Waals surface area contributed by atoms with Gasteiger partial charge in [0.2, 0.25) is 0 Å². The van der Waals surface area contributed by atoms with Crippen molar-refractivity contribution in [2.24, 2.45) is 10.2 Å². The molecular weight excluding hydrogens is 212 g/mol. The van der Waals surface area contributed by atoms with E-state index in [9.17, 15) is 0 Å². The molecule has 0 fully saturated rings. The van der Waals surface area contributed by atoms with E-state index >= 15 is 0 Å². The molecule has 0 N–H and O–H groups in total. The zero-order valence-electron chi connectivity index (χ0n) is 12.7. The van der Waals surface area contributed by atoms with Gasteiger partial charge in [0, 0.05) is 14.1 Å². The molecule has 0 amide bonds. The summed E-state index contributed by atoms with van der Waals surface area (Å²) in [6.45, 7) is 12.9. The van der Waals surface area contributed by atoms with Crippen molar-refractivity contribution in [3.05, 3.63) is 0 Å². The Labute approximate surface area is 106 Å². The van der Waals surface area contributed by atoms with E-state index in [-0.39, 0.29) is 11.1 Å². The highest BCUT2D eigenvalue weighted by Gasteiger charge is 2.20. The van der Waals surface area contributed by atoms with Crippen molar-refractivity contribution < 1.29 is 0 Å². The van der Waals surface area contributed by atoms with Crippen molar-refractivity contribution in [1.82, 2.24) is 10.0 Å². The molecule has 0 aromatic heterocycles. The van der Waals surface area contributed by atoms with Crippen LogP contribution in [0.25, 0.3) is 0 Å². The molecule has 0 spiro atoms. The average Bonchev–Trinajstić information content (AvgIpc) is 2.28. The summed E-state index contributed by atoms with van der Waals surface area (Å²) >= 11 is 0. The van der Waals surface area contributed by atoms with Gasteiger partial charge in [0.05, 0.1) is 11.1 Å². The summed E-state index contributed by atoms with van der Waals surface area (Å²) in [6, 6.07) is 2.77. The van der Waals surface area contributed by atoms with Crippen molar-refractivity contribution in [1.29, 1.82) is 0 Å². The van der Waals surface area contributed by atoms with Crippen molar-refractivity contribution >= 4 is 6.01 Å². The third kappa shape index (κ3) is 4.78. The molecule has 0 saturated heterocycles. The first-order valence-corrected chi connectivity index (χ1v) is 6.31. The van der Waals surface area contributed by atoms with E-state index in [1.165, 1.54) is 0 Å². The molecular formula is C13H28N4. The fraction of sp³-hybridized carbons (Fsp3) is 0.923. The van der Waals surface area contributed by atoms with Gasteiger partial charge < -0.3 is 0 Å². The molecule has 0 aromatic rings. The van der Waals surface area contributed by atoms with Crippen LogP contribution in [-0.2, 0) is 0 Å². The van der Waals surface area contributed by atoms with Gasteiger partial charge in [0.15, 0.2) is 0 Å². The summed E-state index contributed by atoms with van der Waals surface area (Å²) in [7, 11) is 3.91. The summed E-state index contributed by atoms with van der Waals surface area (Å²) < 4.78 is 0. The number of hydrogen-bond acceptors (Lipinski definition) is 4. The van der Waals surface area contributed by atoms with Crippen LogP contribution in [0.2, 0.25) is 0 Å². The quantitative estimate of drug-likeness (QED) is 0.527. The average molecular weight is 240 g/mol.